The molecule has 0 bridgehead atoms. The highest BCUT2D eigenvalue weighted by atomic mass is 16.5. The zero-order valence-electron chi connectivity index (χ0n) is 10.7. The van der Waals surface area contributed by atoms with Crippen LogP contribution >= 0.6 is 0 Å². The SMILES string of the molecule is CCC(CN)(C1CC1)N(CCOC)C1CC1. The number of nitrogens with zero attached hydrogens (tertiary/aromatic N) is 1. The number of hydrogen-bond donors (Lipinski definition) is 1. The summed E-state index contributed by atoms with van der Waals surface area (Å²) in [5.41, 5.74) is 6.39. The smallest absolute Gasteiger partial charge is 0.0590 e. The van der Waals surface area contributed by atoms with Crippen LogP contribution in [0.5, 0.6) is 0 Å². The van der Waals surface area contributed by atoms with Gasteiger partial charge in [-0.05, 0) is 38.0 Å². The molecule has 2 saturated carbocycles. The van der Waals surface area contributed by atoms with Gasteiger partial charge in [-0.15, -0.1) is 0 Å². The second-order valence-corrected chi connectivity index (χ2v) is 5.35. The molecule has 16 heavy (non-hydrogen) atoms. The molecule has 0 aromatic rings. The van der Waals surface area contributed by atoms with Crippen LogP contribution in [0.4, 0.5) is 0 Å². The van der Waals surface area contributed by atoms with Crippen molar-refractivity contribution in [2.75, 3.05) is 26.8 Å². The van der Waals surface area contributed by atoms with Gasteiger partial charge in [-0.25, -0.2) is 0 Å². The lowest BCUT2D eigenvalue weighted by Gasteiger charge is -2.44. The monoisotopic (exact) mass is 226 g/mol. The number of rotatable bonds is 8. The van der Waals surface area contributed by atoms with Gasteiger partial charge in [0.1, 0.15) is 0 Å². The normalized spacial score (nSPS) is 24.8. The van der Waals surface area contributed by atoms with Gasteiger partial charge < -0.3 is 10.5 Å². The van der Waals surface area contributed by atoms with Crippen molar-refractivity contribution in [1.82, 2.24) is 4.90 Å². The lowest BCUT2D eigenvalue weighted by atomic mass is 9.87. The topological polar surface area (TPSA) is 38.5 Å². The number of hydrogen-bond acceptors (Lipinski definition) is 3. The molecule has 3 nitrogen and oxygen atoms in total. The highest BCUT2D eigenvalue weighted by Crippen LogP contribution is 2.48. The molecular weight excluding hydrogens is 200 g/mol. The molecule has 94 valence electrons. The minimum atomic E-state index is 0.277. The minimum absolute atomic E-state index is 0.277. The first kappa shape index (κ1) is 12.3. The zero-order chi connectivity index (χ0) is 11.6. The Kier molecular flexibility index (Phi) is 3.88. The lowest BCUT2D eigenvalue weighted by Crippen LogP contribution is -2.57. The van der Waals surface area contributed by atoms with Crippen LogP contribution in [0.2, 0.25) is 0 Å². The lowest BCUT2D eigenvalue weighted by molar-refractivity contribution is 0.0340. The fourth-order valence-corrected chi connectivity index (χ4v) is 3.12. The Labute approximate surface area is 99.3 Å². The third-order valence-corrected chi connectivity index (χ3v) is 4.40. The van der Waals surface area contributed by atoms with Crippen molar-refractivity contribution in [2.24, 2.45) is 11.7 Å². The third kappa shape index (κ3) is 2.27. The molecule has 3 heteroatoms. The van der Waals surface area contributed by atoms with Crippen LogP contribution < -0.4 is 5.73 Å². The van der Waals surface area contributed by atoms with E-state index in [2.05, 4.69) is 11.8 Å². The van der Waals surface area contributed by atoms with E-state index in [1.165, 1.54) is 32.1 Å². The summed E-state index contributed by atoms with van der Waals surface area (Å²) >= 11 is 0. The number of ether oxygens (including phenoxy) is 1. The fraction of sp³-hybridized carbons (Fsp3) is 1.00. The number of nitrogens with two attached hydrogens (primary N) is 1. The van der Waals surface area contributed by atoms with E-state index in [9.17, 15) is 0 Å². The van der Waals surface area contributed by atoms with Crippen LogP contribution in [-0.2, 0) is 4.74 Å². The van der Waals surface area contributed by atoms with E-state index in [0.717, 1.165) is 31.7 Å². The van der Waals surface area contributed by atoms with Crippen LogP contribution in [0.3, 0.4) is 0 Å². The van der Waals surface area contributed by atoms with Gasteiger partial charge >= 0.3 is 0 Å². The van der Waals surface area contributed by atoms with E-state index < -0.39 is 0 Å². The van der Waals surface area contributed by atoms with Crippen LogP contribution in [0.1, 0.15) is 39.0 Å². The molecule has 0 aromatic heterocycles. The molecule has 0 aliphatic heterocycles. The molecule has 1 unspecified atom stereocenters. The van der Waals surface area contributed by atoms with Gasteiger partial charge in [-0.2, -0.15) is 0 Å². The Morgan fingerprint density at radius 1 is 1.31 bits per heavy atom. The minimum Gasteiger partial charge on any atom is -0.383 e. The molecule has 2 aliphatic rings. The first-order valence-corrected chi connectivity index (χ1v) is 6.74. The summed E-state index contributed by atoms with van der Waals surface area (Å²) in [7, 11) is 1.79. The molecule has 2 aliphatic carbocycles. The molecule has 0 heterocycles. The van der Waals surface area contributed by atoms with E-state index in [0.29, 0.717) is 0 Å². The maximum absolute atomic E-state index is 6.11. The van der Waals surface area contributed by atoms with E-state index >= 15 is 0 Å². The predicted octanol–water partition coefficient (Wildman–Crippen LogP) is 1.61. The largest absolute Gasteiger partial charge is 0.383 e. The maximum Gasteiger partial charge on any atom is 0.0590 e. The Morgan fingerprint density at radius 2 is 2.00 bits per heavy atom. The Balaban J connectivity index is 2.06. The molecule has 0 radical (unpaired) electrons. The average molecular weight is 226 g/mol. The van der Waals surface area contributed by atoms with Crippen molar-refractivity contribution < 1.29 is 4.74 Å². The van der Waals surface area contributed by atoms with E-state index in [1.807, 2.05) is 0 Å². The second kappa shape index (κ2) is 5.03. The van der Waals surface area contributed by atoms with Crippen LogP contribution in [0.25, 0.3) is 0 Å². The van der Waals surface area contributed by atoms with Crippen molar-refractivity contribution in [3.63, 3.8) is 0 Å². The second-order valence-electron chi connectivity index (χ2n) is 5.35. The summed E-state index contributed by atoms with van der Waals surface area (Å²) in [6.07, 6.45) is 6.66. The zero-order valence-corrected chi connectivity index (χ0v) is 10.7. The molecule has 0 spiro atoms. The van der Waals surface area contributed by atoms with Crippen LogP contribution in [0.15, 0.2) is 0 Å². The highest BCUT2D eigenvalue weighted by Gasteiger charge is 2.50. The van der Waals surface area contributed by atoms with Gasteiger partial charge in [-0.3, -0.25) is 4.90 Å². The summed E-state index contributed by atoms with van der Waals surface area (Å²) < 4.78 is 5.25. The Hall–Kier alpha value is -0.120. The first-order valence-electron chi connectivity index (χ1n) is 6.74. The summed E-state index contributed by atoms with van der Waals surface area (Å²) in [4.78, 5) is 2.67. The van der Waals surface area contributed by atoms with E-state index in [-0.39, 0.29) is 5.54 Å². The summed E-state index contributed by atoms with van der Waals surface area (Å²) in [6, 6.07) is 0.791. The van der Waals surface area contributed by atoms with E-state index in [4.69, 9.17) is 10.5 Å². The highest BCUT2D eigenvalue weighted by molar-refractivity contribution is 5.06. The van der Waals surface area contributed by atoms with Crippen molar-refractivity contribution in [3.05, 3.63) is 0 Å². The van der Waals surface area contributed by atoms with Gasteiger partial charge in [0.05, 0.1) is 6.61 Å². The average Bonchev–Trinajstić information content (AvgIpc) is 3.17. The molecule has 2 fully saturated rings. The van der Waals surface area contributed by atoms with Gasteiger partial charge in [0.25, 0.3) is 0 Å². The summed E-state index contributed by atoms with van der Waals surface area (Å²) in [5, 5.41) is 0. The first-order chi connectivity index (χ1) is 7.78. The van der Waals surface area contributed by atoms with Crippen molar-refractivity contribution in [2.45, 2.75) is 50.6 Å². The molecular formula is C13H26N2O. The quantitative estimate of drug-likeness (QED) is 0.683. The standard InChI is InChI=1S/C13H26N2O/c1-3-13(10-14,11-4-5-11)15(8-9-16-2)12-6-7-12/h11-12H,3-10,14H2,1-2H3. The fourth-order valence-electron chi connectivity index (χ4n) is 3.12. The van der Waals surface area contributed by atoms with Gasteiger partial charge in [0, 0.05) is 31.8 Å². The Bertz CT molecular complexity index is 220. The van der Waals surface area contributed by atoms with Crippen molar-refractivity contribution >= 4 is 0 Å². The Morgan fingerprint density at radius 3 is 2.38 bits per heavy atom. The third-order valence-electron chi connectivity index (χ3n) is 4.40. The van der Waals surface area contributed by atoms with Crippen LogP contribution in [-0.4, -0.2) is 43.3 Å². The molecule has 2 N–H and O–H groups in total. The van der Waals surface area contributed by atoms with Gasteiger partial charge in [-0.1, -0.05) is 6.92 Å². The van der Waals surface area contributed by atoms with Gasteiger partial charge in [0.2, 0.25) is 0 Å². The summed E-state index contributed by atoms with van der Waals surface area (Å²) in [6.45, 7) is 5.01. The van der Waals surface area contributed by atoms with Crippen LogP contribution in [0, 0.1) is 5.92 Å². The molecule has 2 rings (SSSR count). The molecule has 1 atom stereocenters. The number of methoxy groups -OCH3 is 1. The molecule has 0 amide bonds. The molecule has 0 aromatic carbocycles. The predicted molar refractivity (Wildman–Crippen MR) is 66.4 cm³/mol. The van der Waals surface area contributed by atoms with Crippen molar-refractivity contribution in [3.8, 4) is 0 Å². The van der Waals surface area contributed by atoms with E-state index in [1.54, 1.807) is 7.11 Å². The molecule has 0 saturated heterocycles. The van der Waals surface area contributed by atoms with Gasteiger partial charge in [0.15, 0.2) is 0 Å². The maximum atomic E-state index is 6.11. The summed E-state index contributed by atoms with van der Waals surface area (Å²) in [5.74, 6) is 0.847. The van der Waals surface area contributed by atoms with Crippen molar-refractivity contribution in [1.29, 1.82) is 0 Å².